The maximum absolute atomic E-state index is 11.0. The maximum Gasteiger partial charge on any atom is 0.335 e. The van der Waals surface area contributed by atoms with Crippen molar-refractivity contribution in [1.82, 2.24) is 0 Å². The van der Waals surface area contributed by atoms with E-state index in [2.05, 4.69) is 0 Å². The second-order valence-electron chi connectivity index (χ2n) is 3.22. The second kappa shape index (κ2) is 2.48. The van der Waals surface area contributed by atoms with Gasteiger partial charge in [-0.2, -0.15) is 0 Å². The van der Waals surface area contributed by atoms with Crippen LogP contribution in [0.1, 0.15) is 26.2 Å². The van der Waals surface area contributed by atoms with Crippen molar-refractivity contribution in [3.8, 4) is 0 Å². The molecule has 3 atom stereocenters. The van der Waals surface area contributed by atoms with Crippen LogP contribution in [0.2, 0.25) is 0 Å². The van der Waals surface area contributed by atoms with E-state index in [9.17, 15) is 4.79 Å². The Balaban J connectivity index is 2.06. The van der Waals surface area contributed by atoms with Crippen LogP contribution in [0.5, 0.6) is 0 Å². The number of hydrogen-bond acceptors (Lipinski definition) is 3. The third kappa shape index (κ3) is 1.13. The minimum absolute atomic E-state index is 0.0544. The summed E-state index contributed by atoms with van der Waals surface area (Å²) in [7, 11) is 0. The van der Waals surface area contributed by atoms with Gasteiger partial charge in [0.25, 0.3) is 0 Å². The predicted molar refractivity (Wildman–Crippen MR) is 38.1 cm³/mol. The van der Waals surface area contributed by atoms with Gasteiger partial charge in [0, 0.05) is 0 Å². The Hall–Kier alpha value is -0.570. The molecule has 62 valence electrons. The molecule has 1 saturated carbocycles. The van der Waals surface area contributed by atoms with Crippen LogP contribution in [0.15, 0.2) is 0 Å². The Morgan fingerprint density at radius 2 is 2.09 bits per heavy atom. The molecule has 0 aromatic rings. The lowest BCUT2D eigenvalue weighted by atomic mass is 10.2. The quantitative estimate of drug-likeness (QED) is 0.488. The fourth-order valence-corrected chi connectivity index (χ4v) is 1.75. The van der Waals surface area contributed by atoms with E-state index < -0.39 is 0 Å². The van der Waals surface area contributed by atoms with Crippen LogP contribution in [-0.4, -0.2) is 24.3 Å². The van der Waals surface area contributed by atoms with Crippen LogP contribution in [-0.2, 0) is 14.3 Å². The van der Waals surface area contributed by atoms with Crippen molar-refractivity contribution in [1.29, 1.82) is 0 Å². The predicted octanol–water partition coefficient (Wildman–Crippen LogP) is 0.869. The van der Waals surface area contributed by atoms with E-state index in [1.54, 1.807) is 6.92 Å². The Morgan fingerprint density at radius 1 is 1.36 bits per heavy atom. The van der Waals surface area contributed by atoms with Crippen LogP contribution in [0.25, 0.3) is 0 Å². The van der Waals surface area contributed by atoms with Crippen LogP contribution < -0.4 is 0 Å². The molecule has 1 heterocycles. The molecule has 0 aromatic heterocycles. The molecule has 0 N–H and O–H groups in total. The lowest BCUT2D eigenvalue weighted by Gasteiger charge is -2.29. The molecule has 1 aliphatic carbocycles. The molecule has 0 amide bonds. The molecule has 3 nitrogen and oxygen atoms in total. The molecule has 1 saturated heterocycles. The summed E-state index contributed by atoms with van der Waals surface area (Å²) in [5.74, 6) is -0.201. The Kier molecular flexibility index (Phi) is 1.60. The van der Waals surface area contributed by atoms with E-state index >= 15 is 0 Å². The minimum atomic E-state index is -0.352. The first-order valence-electron chi connectivity index (χ1n) is 4.13. The van der Waals surface area contributed by atoms with Gasteiger partial charge in [-0.15, -0.1) is 0 Å². The molecule has 0 aromatic carbocycles. The van der Waals surface area contributed by atoms with Crippen molar-refractivity contribution < 1.29 is 14.3 Å². The zero-order chi connectivity index (χ0) is 7.84. The number of fused-ring (bicyclic) bond motifs is 1. The molecule has 2 aliphatic rings. The number of hydrogen-bond donors (Lipinski definition) is 0. The molecule has 0 spiro atoms. The highest BCUT2D eigenvalue weighted by molar-refractivity contribution is 5.75. The van der Waals surface area contributed by atoms with Crippen molar-refractivity contribution >= 4 is 5.97 Å². The van der Waals surface area contributed by atoms with Gasteiger partial charge in [0.05, 0.1) is 6.10 Å². The van der Waals surface area contributed by atoms with Crippen LogP contribution >= 0.6 is 0 Å². The lowest BCUT2D eigenvalue weighted by molar-refractivity contribution is -0.192. The molecule has 1 aliphatic heterocycles. The Labute approximate surface area is 65.7 Å². The van der Waals surface area contributed by atoms with Gasteiger partial charge in [-0.05, 0) is 26.2 Å². The average molecular weight is 156 g/mol. The summed E-state index contributed by atoms with van der Waals surface area (Å²) >= 11 is 0. The molecule has 3 heteroatoms. The van der Waals surface area contributed by atoms with E-state index in [0.717, 1.165) is 19.3 Å². The Bertz CT molecular complexity index is 178. The molecule has 3 unspecified atom stereocenters. The monoisotopic (exact) mass is 156 g/mol. The zero-order valence-electron chi connectivity index (χ0n) is 6.58. The molecular weight excluding hydrogens is 144 g/mol. The van der Waals surface area contributed by atoms with Gasteiger partial charge < -0.3 is 9.47 Å². The highest BCUT2D eigenvalue weighted by Gasteiger charge is 2.39. The first-order valence-corrected chi connectivity index (χ1v) is 4.13. The van der Waals surface area contributed by atoms with E-state index in [1.165, 1.54) is 0 Å². The van der Waals surface area contributed by atoms with Crippen LogP contribution in [0.3, 0.4) is 0 Å². The first kappa shape index (κ1) is 7.10. The largest absolute Gasteiger partial charge is 0.458 e. The normalized spacial score (nSPS) is 43.4. The number of carbonyl (C=O) groups is 1. The SMILES string of the molecule is CC1OC2CCCC2OC1=O. The molecule has 0 bridgehead atoms. The van der Waals surface area contributed by atoms with Gasteiger partial charge in [-0.3, -0.25) is 0 Å². The van der Waals surface area contributed by atoms with Crippen molar-refractivity contribution in [2.24, 2.45) is 0 Å². The van der Waals surface area contributed by atoms with Gasteiger partial charge in [0.2, 0.25) is 0 Å². The molecule has 2 rings (SSSR count). The van der Waals surface area contributed by atoms with E-state index in [4.69, 9.17) is 9.47 Å². The summed E-state index contributed by atoms with van der Waals surface area (Å²) in [6, 6.07) is 0. The van der Waals surface area contributed by atoms with Crippen molar-refractivity contribution in [3.63, 3.8) is 0 Å². The molecule has 0 radical (unpaired) electrons. The maximum atomic E-state index is 11.0. The third-order valence-electron chi connectivity index (χ3n) is 2.37. The smallest absolute Gasteiger partial charge is 0.335 e. The number of ether oxygens (including phenoxy) is 2. The van der Waals surface area contributed by atoms with Gasteiger partial charge in [0.15, 0.2) is 6.10 Å². The van der Waals surface area contributed by atoms with Crippen molar-refractivity contribution in [2.45, 2.75) is 44.5 Å². The lowest BCUT2D eigenvalue weighted by Crippen LogP contribution is -2.42. The first-order chi connectivity index (χ1) is 5.27. The number of esters is 1. The van der Waals surface area contributed by atoms with Gasteiger partial charge >= 0.3 is 5.97 Å². The van der Waals surface area contributed by atoms with Gasteiger partial charge in [-0.25, -0.2) is 4.79 Å². The van der Waals surface area contributed by atoms with Gasteiger partial charge in [-0.1, -0.05) is 0 Å². The third-order valence-corrected chi connectivity index (χ3v) is 2.37. The van der Waals surface area contributed by atoms with E-state index in [-0.39, 0.29) is 24.3 Å². The summed E-state index contributed by atoms with van der Waals surface area (Å²) in [4.78, 5) is 11.0. The molecular formula is C8H12O3. The number of rotatable bonds is 0. The summed E-state index contributed by atoms with van der Waals surface area (Å²) in [6.45, 7) is 1.75. The summed E-state index contributed by atoms with van der Waals surface area (Å²) in [5, 5.41) is 0. The summed E-state index contributed by atoms with van der Waals surface area (Å²) in [6.07, 6.45) is 3.02. The fourth-order valence-electron chi connectivity index (χ4n) is 1.75. The highest BCUT2D eigenvalue weighted by atomic mass is 16.6. The number of carbonyl (C=O) groups excluding carboxylic acids is 1. The summed E-state index contributed by atoms with van der Waals surface area (Å²) < 4.78 is 10.6. The standard InChI is InChI=1S/C8H12O3/c1-5-8(9)11-7-4-2-3-6(7)10-5/h5-7H,2-4H2,1H3. The van der Waals surface area contributed by atoms with E-state index in [0.29, 0.717) is 0 Å². The summed E-state index contributed by atoms with van der Waals surface area (Å²) in [5.41, 5.74) is 0. The van der Waals surface area contributed by atoms with E-state index in [1.807, 2.05) is 0 Å². The van der Waals surface area contributed by atoms with Crippen molar-refractivity contribution in [2.75, 3.05) is 0 Å². The Morgan fingerprint density at radius 3 is 2.91 bits per heavy atom. The minimum Gasteiger partial charge on any atom is -0.458 e. The fraction of sp³-hybridized carbons (Fsp3) is 0.875. The zero-order valence-corrected chi connectivity index (χ0v) is 6.58. The van der Waals surface area contributed by atoms with Crippen molar-refractivity contribution in [3.05, 3.63) is 0 Å². The topological polar surface area (TPSA) is 35.5 Å². The molecule has 11 heavy (non-hydrogen) atoms. The average Bonchev–Trinajstić information content (AvgIpc) is 2.36. The second-order valence-corrected chi connectivity index (χ2v) is 3.22. The van der Waals surface area contributed by atoms with Crippen LogP contribution in [0.4, 0.5) is 0 Å². The highest BCUT2D eigenvalue weighted by Crippen LogP contribution is 2.29. The van der Waals surface area contributed by atoms with Gasteiger partial charge in [0.1, 0.15) is 6.10 Å². The van der Waals surface area contributed by atoms with Crippen LogP contribution in [0, 0.1) is 0 Å². The molecule has 2 fully saturated rings.